The minimum Gasteiger partial charge on any atom is -0.378 e. The van der Waals surface area contributed by atoms with Gasteiger partial charge in [-0.3, -0.25) is 20.2 Å². The summed E-state index contributed by atoms with van der Waals surface area (Å²) in [6.45, 7) is 2.10. The van der Waals surface area contributed by atoms with E-state index in [-0.39, 0.29) is 16.4 Å². The van der Waals surface area contributed by atoms with Crippen LogP contribution in [0.4, 0.5) is 17.2 Å². The zero-order valence-corrected chi connectivity index (χ0v) is 16.1. The highest BCUT2D eigenvalue weighted by Gasteiger charge is 2.23. The number of carbonyl (C=O) groups excluding carboxylic acids is 1. The van der Waals surface area contributed by atoms with E-state index in [0.29, 0.717) is 42.8 Å². The summed E-state index contributed by atoms with van der Waals surface area (Å²) in [7, 11) is 0. The van der Waals surface area contributed by atoms with E-state index < -0.39 is 10.8 Å². The number of aromatic nitrogens is 1. The molecule has 1 aliphatic heterocycles. The maximum Gasteiger partial charge on any atom is 0.293 e. The summed E-state index contributed by atoms with van der Waals surface area (Å²) in [4.78, 5) is 29.3. The second-order valence-electron chi connectivity index (χ2n) is 5.83. The van der Waals surface area contributed by atoms with Crippen LogP contribution in [-0.4, -0.2) is 47.2 Å². The lowest BCUT2D eigenvalue weighted by atomic mass is 10.1. The van der Waals surface area contributed by atoms with Gasteiger partial charge in [0, 0.05) is 30.9 Å². The Bertz CT molecular complexity index is 903. The second-order valence-corrected chi connectivity index (χ2v) is 6.67. The van der Waals surface area contributed by atoms with Crippen LogP contribution in [0.15, 0.2) is 36.5 Å². The van der Waals surface area contributed by atoms with Crippen LogP contribution < -0.4 is 15.5 Å². The summed E-state index contributed by atoms with van der Waals surface area (Å²) in [6.07, 6.45) is 1.43. The van der Waals surface area contributed by atoms with Gasteiger partial charge >= 0.3 is 0 Å². The molecule has 0 unspecified atom stereocenters. The molecule has 1 fully saturated rings. The number of rotatable bonds is 4. The zero-order chi connectivity index (χ0) is 20.1. The van der Waals surface area contributed by atoms with Crippen LogP contribution in [0, 0.1) is 10.1 Å². The predicted octanol–water partition coefficient (Wildman–Crippen LogP) is 2.61. The van der Waals surface area contributed by atoms with Crippen molar-refractivity contribution in [1.29, 1.82) is 0 Å². The molecule has 0 bridgehead atoms. The monoisotopic (exact) mass is 421 g/mol. The minimum absolute atomic E-state index is 0.0136. The number of ether oxygens (including phenoxy) is 1. The molecule has 28 heavy (non-hydrogen) atoms. The van der Waals surface area contributed by atoms with E-state index in [9.17, 15) is 14.9 Å². The third-order valence-electron chi connectivity index (χ3n) is 3.98. The quantitative estimate of drug-likeness (QED) is 0.440. The Labute approximate surface area is 170 Å². The number of hydrogen-bond acceptors (Lipinski definition) is 7. The maximum atomic E-state index is 12.4. The molecule has 2 heterocycles. The van der Waals surface area contributed by atoms with Crippen LogP contribution in [-0.2, 0) is 4.74 Å². The molecule has 0 aliphatic carbocycles. The first-order valence-corrected chi connectivity index (χ1v) is 9.07. The number of carbonyl (C=O) groups is 1. The molecule has 9 nitrogen and oxygen atoms in total. The number of nitro groups is 1. The van der Waals surface area contributed by atoms with Crippen molar-refractivity contribution in [2.45, 2.75) is 0 Å². The molecule has 1 aromatic carbocycles. The largest absolute Gasteiger partial charge is 0.378 e. The van der Waals surface area contributed by atoms with Crippen molar-refractivity contribution >= 4 is 52.0 Å². The number of nitro benzene ring substituents is 1. The standard InChI is InChI=1S/C17H16ClN5O4S/c18-12-2-4-15(19-10-12)20-17(28)21-16(24)11-1-3-13(14(9-11)23(25)26)22-5-7-27-8-6-22/h1-4,9-10H,5-8H2,(H2,19,20,21,24,28). The Kier molecular flexibility index (Phi) is 6.34. The van der Waals surface area contributed by atoms with Gasteiger partial charge in [-0.25, -0.2) is 4.98 Å². The third-order valence-corrected chi connectivity index (χ3v) is 4.41. The molecule has 1 amide bonds. The number of thiocarbonyl (C=S) groups is 1. The first-order valence-electron chi connectivity index (χ1n) is 8.29. The van der Waals surface area contributed by atoms with Crippen molar-refractivity contribution < 1.29 is 14.5 Å². The van der Waals surface area contributed by atoms with Crippen LogP contribution in [0.3, 0.4) is 0 Å². The molecule has 1 aliphatic rings. The first kappa shape index (κ1) is 19.9. The van der Waals surface area contributed by atoms with Gasteiger partial charge in [0.2, 0.25) is 0 Å². The van der Waals surface area contributed by atoms with Gasteiger partial charge < -0.3 is 15.0 Å². The van der Waals surface area contributed by atoms with Crippen LogP contribution in [0.25, 0.3) is 0 Å². The number of amides is 1. The molecule has 11 heteroatoms. The molecule has 2 N–H and O–H groups in total. The van der Waals surface area contributed by atoms with Crippen molar-refractivity contribution in [2.24, 2.45) is 0 Å². The highest BCUT2D eigenvalue weighted by atomic mass is 35.5. The molecule has 0 radical (unpaired) electrons. The van der Waals surface area contributed by atoms with E-state index in [1.165, 1.54) is 18.3 Å². The van der Waals surface area contributed by atoms with E-state index in [2.05, 4.69) is 15.6 Å². The van der Waals surface area contributed by atoms with E-state index in [1.54, 1.807) is 18.2 Å². The number of benzene rings is 1. The van der Waals surface area contributed by atoms with Gasteiger partial charge in [-0.2, -0.15) is 0 Å². The van der Waals surface area contributed by atoms with E-state index in [4.69, 9.17) is 28.6 Å². The normalized spacial score (nSPS) is 13.7. The molecule has 2 aromatic rings. The molecule has 0 atom stereocenters. The molecule has 1 saturated heterocycles. The zero-order valence-electron chi connectivity index (χ0n) is 14.6. The fourth-order valence-electron chi connectivity index (χ4n) is 2.66. The van der Waals surface area contributed by atoms with E-state index in [0.717, 1.165) is 0 Å². The Morgan fingerprint density at radius 2 is 2.04 bits per heavy atom. The predicted molar refractivity (Wildman–Crippen MR) is 109 cm³/mol. The molecule has 0 spiro atoms. The summed E-state index contributed by atoms with van der Waals surface area (Å²) < 4.78 is 5.27. The lowest BCUT2D eigenvalue weighted by Gasteiger charge is -2.28. The van der Waals surface area contributed by atoms with Crippen molar-refractivity contribution in [3.05, 3.63) is 57.2 Å². The van der Waals surface area contributed by atoms with Crippen molar-refractivity contribution in [2.75, 3.05) is 36.5 Å². The van der Waals surface area contributed by atoms with Crippen LogP contribution in [0.1, 0.15) is 10.4 Å². The van der Waals surface area contributed by atoms with Gasteiger partial charge in [0.1, 0.15) is 11.5 Å². The van der Waals surface area contributed by atoms with Crippen LogP contribution >= 0.6 is 23.8 Å². The Morgan fingerprint density at radius 1 is 1.29 bits per heavy atom. The maximum absolute atomic E-state index is 12.4. The highest BCUT2D eigenvalue weighted by molar-refractivity contribution is 7.80. The van der Waals surface area contributed by atoms with Crippen molar-refractivity contribution in [1.82, 2.24) is 10.3 Å². The first-order chi connectivity index (χ1) is 13.4. The summed E-state index contributed by atoms with van der Waals surface area (Å²) in [5.41, 5.74) is 0.431. The van der Waals surface area contributed by atoms with Gasteiger partial charge in [0.25, 0.3) is 11.6 Å². The Hall–Kier alpha value is -2.82. The molecule has 0 saturated carbocycles. The van der Waals surface area contributed by atoms with Crippen molar-refractivity contribution in [3.63, 3.8) is 0 Å². The van der Waals surface area contributed by atoms with Gasteiger partial charge in [0.15, 0.2) is 5.11 Å². The van der Waals surface area contributed by atoms with Crippen LogP contribution in [0.5, 0.6) is 0 Å². The summed E-state index contributed by atoms with van der Waals surface area (Å²) in [5.74, 6) is -0.161. The van der Waals surface area contributed by atoms with Crippen LogP contribution in [0.2, 0.25) is 5.02 Å². The van der Waals surface area contributed by atoms with Gasteiger partial charge in [-0.1, -0.05) is 11.6 Å². The third kappa shape index (κ3) is 4.91. The van der Waals surface area contributed by atoms with Crippen molar-refractivity contribution in [3.8, 4) is 0 Å². The number of pyridine rings is 1. The smallest absolute Gasteiger partial charge is 0.293 e. The molecular weight excluding hydrogens is 406 g/mol. The van der Waals surface area contributed by atoms with Gasteiger partial charge in [-0.15, -0.1) is 0 Å². The number of morpholine rings is 1. The average Bonchev–Trinajstić information content (AvgIpc) is 2.69. The van der Waals surface area contributed by atoms with Gasteiger partial charge in [-0.05, 0) is 36.5 Å². The Morgan fingerprint density at radius 3 is 2.68 bits per heavy atom. The number of nitrogens with zero attached hydrogens (tertiary/aromatic N) is 3. The highest BCUT2D eigenvalue weighted by Crippen LogP contribution is 2.29. The van der Waals surface area contributed by atoms with E-state index >= 15 is 0 Å². The number of halogens is 1. The number of hydrogen-bond donors (Lipinski definition) is 2. The second kappa shape index (κ2) is 8.91. The molecule has 146 valence electrons. The number of nitrogens with one attached hydrogen (secondary N) is 2. The fraction of sp³-hybridized carbons (Fsp3) is 0.235. The average molecular weight is 422 g/mol. The van der Waals surface area contributed by atoms with E-state index in [1.807, 2.05) is 4.90 Å². The summed E-state index contributed by atoms with van der Waals surface area (Å²) in [6, 6.07) is 7.55. The summed E-state index contributed by atoms with van der Waals surface area (Å²) in [5, 5.41) is 17.2. The Balaban J connectivity index is 1.72. The molecule has 1 aromatic heterocycles. The lowest BCUT2D eigenvalue weighted by molar-refractivity contribution is -0.384. The molecule has 3 rings (SSSR count). The molecular formula is C17H16ClN5O4S. The lowest BCUT2D eigenvalue weighted by Crippen LogP contribution is -2.37. The number of anilines is 2. The topological polar surface area (TPSA) is 110 Å². The fourth-order valence-corrected chi connectivity index (χ4v) is 2.96. The summed E-state index contributed by atoms with van der Waals surface area (Å²) >= 11 is 10.8. The van der Waals surface area contributed by atoms with Gasteiger partial charge in [0.05, 0.1) is 23.2 Å². The minimum atomic E-state index is -0.567. The SMILES string of the molecule is O=C(NC(=S)Nc1ccc(Cl)cn1)c1ccc(N2CCOCC2)c([N+](=O)[O-])c1.